The minimum Gasteiger partial charge on any atom is -0.390 e. The van der Waals surface area contributed by atoms with E-state index < -0.39 is 0 Å². The van der Waals surface area contributed by atoms with Crippen molar-refractivity contribution in [1.29, 1.82) is 0 Å². The number of aliphatic hydroxyl groups excluding tert-OH is 1. The third-order valence-corrected chi connectivity index (χ3v) is 1.17. The van der Waals surface area contributed by atoms with Crippen molar-refractivity contribution in [2.24, 2.45) is 7.05 Å². The van der Waals surface area contributed by atoms with E-state index in [1.807, 2.05) is 17.9 Å². The molecule has 1 N–H and O–H groups in total. The molecule has 1 aromatic heterocycles. The van der Waals surface area contributed by atoms with Gasteiger partial charge in [0.05, 0.1) is 19.7 Å². The highest BCUT2D eigenvalue weighted by molar-refractivity contribution is 4.40. The Balaban J connectivity index is 2.58. The summed E-state index contributed by atoms with van der Waals surface area (Å²) < 4.78 is 3.53. The summed E-state index contributed by atoms with van der Waals surface area (Å²) in [7, 11) is 1.85. The van der Waals surface area contributed by atoms with Crippen molar-refractivity contribution in [3.8, 4) is 0 Å². The second-order valence-electron chi connectivity index (χ2n) is 2.47. The van der Waals surface area contributed by atoms with E-state index in [0.717, 1.165) is 0 Å². The fourth-order valence-corrected chi connectivity index (χ4v) is 0.821. The third-order valence-electron chi connectivity index (χ3n) is 1.17. The fraction of sp³-hybridized carbons (Fsp3) is 0.667. The van der Waals surface area contributed by atoms with Gasteiger partial charge in [-0.2, -0.15) is 0 Å². The average Bonchev–Trinajstić information content (AvgIpc) is 2.13. The van der Waals surface area contributed by atoms with Gasteiger partial charge in [-0.3, -0.25) is 0 Å². The van der Waals surface area contributed by atoms with Gasteiger partial charge in [0.1, 0.15) is 0 Å². The lowest BCUT2D eigenvalue weighted by Crippen LogP contribution is -2.36. The van der Waals surface area contributed by atoms with Crippen molar-refractivity contribution in [2.75, 3.05) is 0 Å². The molecule has 0 bridgehead atoms. The van der Waals surface area contributed by atoms with Gasteiger partial charge < -0.3 is 5.11 Å². The Bertz CT molecular complexity index is 207. The molecule has 0 aliphatic carbocycles. The highest BCUT2D eigenvalue weighted by Crippen LogP contribution is 1.78. The highest BCUT2D eigenvalue weighted by Gasteiger charge is 2.03. The van der Waals surface area contributed by atoms with Gasteiger partial charge in [-0.05, 0) is 6.92 Å². The van der Waals surface area contributed by atoms with Crippen LogP contribution < -0.4 is 4.57 Å². The molecule has 4 heteroatoms. The van der Waals surface area contributed by atoms with Gasteiger partial charge in [0, 0.05) is 5.10 Å². The quantitative estimate of drug-likeness (QED) is 0.543. The molecule has 1 heterocycles. The monoisotopic (exact) mass is 142 g/mol. The van der Waals surface area contributed by atoms with Crippen LogP contribution in [-0.2, 0) is 13.6 Å². The zero-order valence-electron chi connectivity index (χ0n) is 6.23. The molecule has 56 valence electrons. The summed E-state index contributed by atoms with van der Waals surface area (Å²) >= 11 is 0. The average molecular weight is 142 g/mol. The molecule has 10 heavy (non-hydrogen) atoms. The first-order valence-corrected chi connectivity index (χ1v) is 3.24. The second-order valence-corrected chi connectivity index (χ2v) is 2.47. The third kappa shape index (κ3) is 1.80. The Morgan fingerprint density at radius 1 is 1.80 bits per heavy atom. The lowest BCUT2D eigenvalue weighted by molar-refractivity contribution is -0.703. The van der Waals surface area contributed by atoms with Crippen LogP contribution >= 0.6 is 0 Å². The van der Waals surface area contributed by atoms with E-state index in [0.29, 0.717) is 6.54 Å². The lowest BCUT2D eigenvalue weighted by atomic mass is 10.4. The van der Waals surface area contributed by atoms with E-state index in [-0.39, 0.29) is 6.10 Å². The molecule has 1 rings (SSSR count). The zero-order chi connectivity index (χ0) is 7.56. The van der Waals surface area contributed by atoms with Crippen molar-refractivity contribution in [3.63, 3.8) is 0 Å². The van der Waals surface area contributed by atoms with Crippen molar-refractivity contribution in [2.45, 2.75) is 19.6 Å². The highest BCUT2D eigenvalue weighted by atomic mass is 16.3. The first kappa shape index (κ1) is 7.21. The van der Waals surface area contributed by atoms with Gasteiger partial charge in [0.15, 0.2) is 0 Å². The first-order chi connectivity index (χ1) is 4.68. The van der Waals surface area contributed by atoms with Crippen LogP contribution in [0.3, 0.4) is 0 Å². The standard InChI is InChI=1S/C6H12N3O/c1-6(10)3-9-4-7-8(2)5-9/h4-6,10H,3H2,1-2H3/q+1. The number of aromatic nitrogens is 3. The predicted molar refractivity (Wildman–Crippen MR) is 35.1 cm³/mol. The molecule has 0 spiro atoms. The largest absolute Gasteiger partial charge is 0.390 e. The summed E-state index contributed by atoms with van der Waals surface area (Å²) in [5, 5.41) is 12.9. The van der Waals surface area contributed by atoms with E-state index in [1.54, 1.807) is 17.9 Å². The molecule has 1 unspecified atom stereocenters. The molecule has 0 saturated heterocycles. The normalized spacial score (nSPS) is 13.5. The lowest BCUT2D eigenvalue weighted by Gasteiger charge is -1.97. The Morgan fingerprint density at radius 2 is 2.50 bits per heavy atom. The summed E-state index contributed by atoms with van der Waals surface area (Å²) in [6, 6.07) is 0. The maximum atomic E-state index is 8.96. The minimum atomic E-state index is -0.311. The number of rotatable bonds is 2. The van der Waals surface area contributed by atoms with Crippen LogP contribution in [0.5, 0.6) is 0 Å². The van der Waals surface area contributed by atoms with Gasteiger partial charge in [0.25, 0.3) is 6.33 Å². The van der Waals surface area contributed by atoms with Crippen LogP contribution in [0, 0.1) is 0 Å². The van der Waals surface area contributed by atoms with E-state index in [2.05, 4.69) is 5.10 Å². The van der Waals surface area contributed by atoms with Gasteiger partial charge in [-0.15, -0.1) is 4.68 Å². The van der Waals surface area contributed by atoms with Crippen LogP contribution in [0.1, 0.15) is 6.92 Å². The first-order valence-electron chi connectivity index (χ1n) is 3.24. The van der Waals surface area contributed by atoms with Crippen molar-refractivity contribution >= 4 is 0 Å². The maximum absolute atomic E-state index is 8.96. The molecule has 0 radical (unpaired) electrons. The number of nitrogens with zero attached hydrogens (tertiary/aromatic N) is 3. The van der Waals surface area contributed by atoms with Gasteiger partial charge >= 0.3 is 0 Å². The van der Waals surface area contributed by atoms with E-state index in [9.17, 15) is 0 Å². The topological polar surface area (TPSA) is 41.9 Å². The second kappa shape index (κ2) is 2.79. The summed E-state index contributed by atoms with van der Waals surface area (Å²) in [5.74, 6) is 0. The smallest absolute Gasteiger partial charge is 0.265 e. The fourth-order valence-electron chi connectivity index (χ4n) is 0.821. The minimum absolute atomic E-state index is 0.311. The van der Waals surface area contributed by atoms with Crippen molar-refractivity contribution < 1.29 is 9.67 Å². The molecule has 0 fully saturated rings. The Hall–Kier alpha value is -0.900. The number of aryl methyl sites for hydroxylation is 1. The van der Waals surface area contributed by atoms with Crippen LogP contribution in [0.25, 0.3) is 0 Å². The SMILES string of the molecule is CC(O)C[n+]1cnn(C)c1. The van der Waals surface area contributed by atoms with Crippen LogP contribution in [0.2, 0.25) is 0 Å². The number of hydrogen-bond donors (Lipinski definition) is 1. The van der Waals surface area contributed by atoms with Crippen LogP contribution in [0.15, 0.2) is 12.7 Å². The maximum Gasteiger partial charge on any atom is 0.265 e. The molecule has 0 saturated carbocycles. The molecule has 0 aromatic carbocycles. The summed E-state index contributed by atoms with van der Waals surface area (Å²) in [6.45, 7) is 2.36. The Kier molecular flexibility index (Phi) is 2.01. The molecule has 4 nitrogen and oxygen atoms in total. The van der Waals surface area contributed by atoms with Gasteiger partial charge in [-0.1, -0.05) is 0 Å². The van der Waals surface area contributed by atoms with Crippen LogP contribution in [-0.4, -0.2) is 21.0 Å². The molecule has 0 aliphatic heterocycles. The molecule has 0 aliphatic rings. The van der Waals surface area contributed by atoms with E-state index in [4.69, 9.17) is 5.11 Å². The van der Waals surface area contributed by atoms with Gasteiger partial charge in [0.2, 0.25) is 6.33 Å². The van der Waals surface area contributed by atoms with Crippen molar-refractivity contribution in [3.05, 3.63) is 12.7 Å². The molecule has 1 atom stereocenters. The Labute approximate surface area is 59.7 Å². The summed E-state index contributed by atoms with van der Waals surface area (Å²) in [5.41, 5.74) is 0. The van der Waals surface area contributed by atoms with Gasteiger partial charge in [-0.25, -0.2) is 4.57 Å². The molecule has 1 aromatic rings. The number of aliphatic hydroxyl groups is 1. The summed E-state index contributed by atoms with van der Waals surface area (Å²) in [6.07, 6.45) is 3.20. The molecular weight excluding hydrogens is 130 g/mol. The molecule has 0 amide bonds. The summed E-state index contributed by atoms with van der Waals surface area (Å²) in [4.78, 5) is 0. The predicted octanol–water partition coefficient (Wildman–Crippen LogP) is -0.912. The van der Waals surface area contributed by atoms with E-state index in [1.165, 1.54) is 0 Å². The molecular formula is C6H12N3O+. The van der Waals surface area contributed by atoms with Crippen LogP contribution in [0.4, 0.5) is 0 Å². The zero-order valence-corrected chi connectivity index (χ0v) is 6.23. The van der Waals surface area contributed by atoms with Crippen molar-refractivity contribution in [1.82, 2.24) is 9.78 Å². The number of hydrogen-bond acceptors (Lipinski definition) is 2. The Morgan fingerprint density at radius 3 is 2.90 bits per heavy atom. The van der Waals surface area contributed by atoms with E-state index >= 15 is 0 Å².